The van der Waals surface area contributed by atoms with Crippen molar-refractivity contribution in [3.63, 3.8) is 0 Å². The molecule has 0 radical (unpaired) electrons. The van der Waals surface area contributed by atoms with Crippen LogP contribution in [0.2, 0.25) is 5.02 Å². The van der Waals surface area contributed by atoms with Crippen molar-refractivity contribution in [1.29, 1.82) is 5.26 Å². The van der Waals surface area contributed by atoms with E-state index in [0.717, 1.165) is 5.56 Å². The molecule has 5 nitrogen and oxygen atoms in total. The van der Waals surface area contributed by atoms with Crippen LogP contribution in [0, 0.1) is 23.7 Å². The van der Waals surface area contributed by atoms with E-state index in [2.05, 4.69) is 23.9 Å². The fourth-order valence-corrected chi connectivity index (χ4v) is 3.12. The van der Waals surface area contributed by atoms with E-state index in [0.29, 0.717) is 28.5 Å². The number of rotatable bonds is 10. The van der Waals surface area contributed by atoms with Gasteiger partial charge in [0, 0.05) is 17.9 Å². The van der Waals surface area contributed by atoms with Crippen molar-refractivity contribution in [2.45, 2.75) is 24.8 Å². The molecular weight excluding hydrogens is 400 g/mol. The van der Waals surface area contributed by atoms with E-state index >= 15 is 0 Å². The molecule has 0 aliphatic carbocycles. The molecule has 0 aliphatic heterocycles. The second-order valence-corrected chi connectivity index (χ2v) is 6.98. The zero-order valence-corrected chi connectivity index (χ0v) is 17.5. The first-order valence-electron chi connectivity index (χ1n) is 9.30. The van der Waals surface area contributed by atoms with Crippen molar-refractivity contribution >= 4 is 17.5 Å². The summed E-state index contributed by atoms with van der Waals surface area (Å²) in [4.78, 5) is 12.7. The molecule has 2 aromatic rings. The molecule has 2 aromatic carbocycles. The third-order valence-electron chi connectivity index (χ3n) is 4.51. The molecule has 1 unspecified atom stereocenters. The fraction of sp³-hybridized carbons (Fsp3) is 0.250. The smallest absolute Gasteiger partial charge is 0.221 e. The van der Waals surface area contributed by atoms with Gasteiger partial charge in [-0.05, 0) is 41.8 Å². The van der Waals surface area contributed by atoms with Gasteiger partial charge < -0.3 is 14.8 Å². The molecule has 1 N–H and O–H groups in total. The first-order chi connectivity index (χ1) is 14.5. The van der Waals surface area contributed by atoms with Crippen LogP contribution in [0.4, 0.5) is 0 Å². The lowest BCUT2D eigenvalue weighted by molar-refractivity contribution is -0.122. The summed E-state index contributed by atoms with van der Waals surface area (Å²) in [5.41, 5.74) is 0.348. The Morgan fingerprint density at radius 1 is 1.30 bits per heavy atom. The Morgan fingerprint density at radius 3 is 2.63 bits per heavy atom. The van der Waals surface area contributed by atoms with Crippen LogP contribution in [0.25, 0.3) is 0 Å². The Balaban J connectivity index is 2.11. The van der Waals surface area contributed by atoms with Gasteiger partial charge in [-0.1, -0.05) is 41.8 Å². The molecule has 0 fully saturated rings. The van der Waals surface area contributed by atoms with Crippen molar-refractivity contribution in [3.05, 3.63) is 71.3 Å². The van der Waals surface area contributed by atoms with E-state index in [4.69, 9.17) is 27.5 Å². The van der Waals surface area contributed by atoms with Crippen LogP contribution < -0.4 is 14.8 Å². The molecule has 0 saturated heterocycles. The number of terminal acetylenes is 1. The van der Waals surface area contributed by atoms with Gasteiger partial charge in [-0.3, -0.25) is 4.79 Å². The first kappa shape index (κ1) is 22.9. The summed E-state index contributed by atoms with van der Waals surface area (Å²) in [6.45, 7) is 3.86. The number of ether oxygens (including phenoxy) is 2. The van der Waals surface area contributed by atoms with Crippen molar-refractivity contribution in [3.8, 4) is 29.9 Å². The Bertz CT molecular complexity index is 973. The van der Waals surface area contributed by atoms with Crippen molar-refractivity contribution < 1.29 is 14.3 Å². The third-order valence-corrected chi connectivity index (χ3v) is 4.76. The average molecular weight is 423 g/mol. The number of nitrogens with one attached hydrogen (secondary N) is 1. The lowest BCUT2D eigenvalue weighted by Crippen LogP contribution is -2.44. The van der Waals surface area contributed by atoms with Crippen LogP contribution in [-0.2, 0) is 16.8 Å². The average Bonchev–Trinajstić information content (AvgIpc) is 2.76. The number of carbonyl (C=O) groups is 1. The minimum atomic E-state index is -1.20. The number of aryl methyl sites for hydroxylation is 1. The molecule has 6 heteroatoms. The fourth-order valence-electron chi connectivity index (χ4n) is 2.99. The summed E-state index contributed by atoms with van der Waals surface area (Å²) in [6.07, 6.45) is 7.76. The number of nitrogens with zero attached hydrogens (tertiary/aromatic N) is 1. The van der Waals surface area contributed by atoms with Crippen molar-refractivity contribution in [1.82, 2.24) is 5.32 Å². The van der Waals surface area contributed by atoms with Gasteiger partial charge in [0.25, 0.3) is 0 Å². The summed E-state index contributed by atoms with van der Waals surface area (Å²) in [5.74, 6) is 3.24. The Hall–Kier alpha value is -3.41. The number of nitriles is 1. The third kappa shape index (κ3) is 5.80. The van der Waals surface area contributed by atoms with Crippen LogP contribution in [0.5, 0.6) is 11.5 Å². The number of carbonyl (C=O) groups excluding carboxylic acids is 1. The Labute approximate surface area is 182 Å². The van der Waals surface area contributed by atoms with Crippen molar-refractivity contribution in [2.24, 2.45) is 0 Å². The highest BCUT2D eigenvalue weighted by Crippen LogP contribution is 2.29. The van der Waals surface area contributed by atoms with E-state index in [9.17, 15) is 10.1 Å². The highest BCUT2D eigenvalue weighted by molar-refractivity contribution is 6.30. The van der Waals surface area contributed by atoms with Gasteiger partial charge >= 0.3 is 0 Å². The predicted octanol–water partition coefficient (Wildman–Crippen LogP) is 4.40. The van der Waals surface area contributed by atoms with Gasteiger partial charge in [0.1, 0.15) is 6.61 Å². The minimum absolute atomic E-state index is 0.141. The van der Waals surface area contributed by atoms with Crippen LogP contribution in [-0.4, -0.2) is 19.6 Å². The summed E-state index contributed by atoms with van der Waals surface area (Å²) >= 11 is 5.95. The monoisotopic (exact) mass is 422 g/mol. The number of hydrogen-bond acceptors (Lipinski definition) is 4. The van der Waals surface area contributed by atoms with Gasteiger partial charge in [-0.2, -0.15) is 5.26 Å². The standard InChI is InChI=1S/C24H23ClN2O3/c1-4-14-24(17-26,19-8-10-20(25)11-9-19)27-23(28)13-7-18-6-12-21(30-15-5-2)22(16-18)29-3/h2,4,6,8-12,16H,1,7,13-15H2,3H3,(H,27,28). The molecule has 0 spiro atoms. The van der Waals surface area contributed by atoms with E-state index in [-0.39, 0.29) is 25.4 Å². The number of halogens is 1. The van der Waals surface area contributed by atoms with Crippen molar-refractivity contribution in [2.75, 3.05) is 13.7 Å². The molecule has 1 atom stereocenters. The Morgan fingerprint density at radius 2 is 2.03 bits per heavy atom. The predicted molar refractivity (Wildman–Crippen MR) is 117 cm³/mol. The van der Waals surface area contributed by atoms with E-state index in [1.165, 1.54) is 7.11 Å². The van der Waals surface area contributed by atoms with Gasteiger partial charge in [0.05, 0.1) is 13.2 Å². The molecule has 0 bridgehead atoms. The van der Waals surface area contributed by atoms with Gasteiger partial charge in [0.2, 0.25) is 5.91 Å². The van der Waals surface area contributed by atoms with E-state index in [1.54, 1.807) is 42.5 Å². The van der Waals surface area contributed by atoms with Crippen LogP contribution in [0.3, 0.4) is 0 Å². The molecule has 0 saturated carbocycles. The van der Waals surface area contributed by atoms with E-state index in [1.807, 2.05) is 6.07 Å². The highest BCUT2D eigenvalue weighted by Gasteiger charge is 2.32. The minimum Gasteiger partial charge on any atom is -0.493 e. The SMILES string of the molecule is C#CCOc1ccc(CCC(=O)NC(C#N)(CC=C)c2ccc(Cl)cc2)cc1OC. The highest BCUT2D eigenvalue weighted by atomic mass is 35.5. The van der Waals surface area contributed by atoms with Crippen LogP contribution in [0.15, 0.2) is 55.1 Å². The zero-order valence-electron chi connectivity index (χ0n) is 16.8. The number of methoxy groups -OCH3 is 1. The van der Waals surface area contributed by atoms with Gasteiger partial charge in [-0.15, -0.1) is 13.0 Å². The number of hydrogen-bond donors (Lipinski definition) is 1. The molecule has 1 amide bonds. The Kier molecular flexibility index (Phi) is 8.35. The molecule has 0 aliphatic rings. The largest absolute Gasteiger partial charge is 0.493 e. The maximum Gasteiger partial charge on any atom is 0.221 e. The molecular formula is C24H23ClN2O3. The molecule has 30 heavy (non-hydrogen) atoms. The second kappa shape index (κ2) is 11.0. The number of amides is 1. The first-order valence-corrected chi connectivity index (χ1v) is 9.68. The van der Waals surface area contributed by atoms with Crippen LogP contribution in [0.1, 0.15) is 24.0 Å². The topological polar surface area (TPSA) is 71.3 Å². The molecule has 154 valence electrons. The summed E-state index contributed by atoms with van der Waals surface area (Å²) in [6, 6.07) is 14.5. The summed E-state index contributed by atoms with van der Waals surface area (Å²) < 4.78 is 10.8. The maximum atomic E-state index is 12.7. The lowest BCUT2D eigenvalue weighted by atomic mass is 9.87. The molecule has 2 rings (SSSR count). The molecule has 0 heterocycles. The van der Waals surface area contributed by atoms with Gasteiger partial charge in [-0.25, -0.2) is 0 Å². The van der Waals surface area contributed by atoms with Crippen LogP contribution >= 0.6 is 11.6 Å². The lowest BCUT2D eigenvalue weighted by Gasteiger charge is -2.27. The second-order valence-electron chi connectivity index (χ2n) is 6.54. The van der Waals surface area contributed by atoms with Gasteiger partial charge in [0.15, 0.2) is 17.0 Å². The maximum absolute atomic E-state index is 12.7. The number of benzene rings is 2. The van der Waals surface area contributed by atoms with E-state index < -0.39 is 5.54 Å². The quantitative estimate of drug-likeness (QED) is 0.455. The normalized spacial score (nSPS) is 12.0. The molecule has 0 aromatic heterocycles. The summed E-state index contributed by atoms with van der Waals surface area (Å²) in [7, 11) is 1.54. The summed E-state index contributed by atoms with van der Waals surface area (Å²) in [5, 5.41) is 13.3. The zero-order chi connectivity index (χ0) is 22.0.